The van der Waals surface area contributed by atoms with E-state index in [0.29, 0.717) is 13.1 Å². The lowest BCUT2D eigenvalue weighted by Gasteiger charge is -2.28. The summed E-state index contributed by atoms with van der Waals surface area (Å²) >= 11 is 0. The summed E-state index contributed by atoms with van der Waals surface area (Å²) in [4.78, 5) is 26.1. The van der Waals surface area contributed by atoms with Crippen molar-refractivity contribution in [3.8, 4) is 0 Å². The highest BCUT2D eigenvalue weighted by molar-refractivity contribution is 5.81. The zero-order chi connectivity index (χ0) is 17.8. The molecule has 2 aliphatic heterocycles. The van der Waals surface area contributed by atoms with E-state index in [1.165, 1.54) is 0 Å². The van der Waals surface area contributed by atoms with E-state index in [1.54, 1.807) is 0 Å². The van der Waals surface area contributed by atoms with E-state index in [2.05, 4.69) is 23.7 Å². The molecule has 0 N–H and O–H groups in total. The first-order valence-electron chi connectivity index (χ1n) is 9.53. The maximum absolute atomic E-state index is 12.7. The quantitative estimate of drug-likeness (QED) is 0.792. The Kier molecular flexibility index (Phi) is 5.89. The van der Waals surface area contributed by atoms with Gasteiger partial charge < -0.3 is 14.5 Å². The molecule has 6 heteroatoms. The van der Waals surface area contributed by atoms with E-state index in [9.17, 15) is 4.79 Å². The van der Waals surface area contributed by atoms with E-state index in [0.717, 1.165) is 62.7 Å². The molecule has 3 rings (SSSR count). The van der Waals surface area contributed by atoms with Gasteiger partial charge in [0.05, 0.1) is 12.6 Å². The highest BCUT2D eigenvalue weighted by atomic mass is 16.5. The number of nitrogens with zero attached hydrogens (tertiary/aromatic N) is 4. The van der Waals surface area contributed by atoms with Crippen LogP contribution in [0.4, 0.5) is 5.82 Å². The number of rotatable bonds is 6. The third-order valence-corrected chi connectivity index (χ3v) is 4.93. The first kappa shape index (κ1) is 18.1. The number of aryl methyl sites for hydroxylation is 1. The van der Waals surface area contributed by atoms with Crippen LogP contribution in [0.25, 0.3) is 0 Å². The minimum Gasteiger partial charge on any atom is -0.376 e. The van der Waals surface area contributed by atoms with Crippen molar-refractivity contribution in [1.82, 2.24) is 14.9 Å². The molecule has 0 unspecified atom stereocenters. The number of aromatic nitrogens is 2. The van der Waals surface area contributed by atoms with Crippen molar-refractivity contribution in [3.05, 3.63) is 17.6 Å². The molecule has 0 radical (unpaired) electrons. The lowest BCUT2D eigenvalue weighted by Crippen LogP contribution is -2.42. The zero-order valence-corrected chi connectivity index (χ0v) is 15.7. The van der Waals surface area contributed by atoms with Crippen LogP contribution in [0.3, 0.4) is 0 Å². The second kappa shape index (κ2) is 8.13. The average molecular weight is 346 g/mol. The molecular weight excluding hydrogens is 316 g/mol. The summed E-state index contributed by atoms with van der Waals surface area (Å²) in [6, 6.07) is 1.98. The monoisotopic (exact) mass is 346 g/mol. The normalized spacial score (nSPS) is 20.5. The number of hydrogen-bond acceptors (Lipinski definition) is 5. The van der Waals surface area contributed by atoms with Crippen molar-refractivity contribution in [3.63, 3.8) is 0 Å². The van der Waals surface area contributed by atoms with Gasteiger partial charge in [0, 0.05) is 43.9 Å². The third-order valence-electron chi connectivity index (χ3n) is 4.93. The lowest BCUT2D eigenvalue weighted by molar-refractivity contribution is -0.128. The maximum atomic E-state index is 12.7. The SMILES string of the molecule is Cc1cc(N(CC(=O)N2CCCC2)C[C@H]2CCCO2)nc(C(C)C)n1. The molecular formula is C19H30N4O2. The van der Waals surface area contributed by atoms with E-state index in [4.69, 9.17) is 9.72 Å². The summed E-state index contributed by atoms with van der Waals surface area (Å²) in [6.45, 7) is 9.85. The van der Waals surface area contributed by atoms with Crippen molar-refractivity contribution in [2.24, 2.45) is 0 Å². The number of ether oxygens (including phenoxy) is 1. The standard InChI is InChI=1S/C19H30N4O2/c1-14(2)19-20-15(3)11-17(21-19)23(12-16-7-6-10-25-16)13-18(24)22-8-4-5-9-22/h11,14,16H,4-10,12-13H2,1-3H3/t16-/m1/s1. The fraction of sp³-hybridized carbons (Fsp3) is 0.737. The van der Waals surface area contributed by atoms with Crippen LogP contribution in [0, 0.1) is 6.92 Å². The van der Waals surface area contributed by atoms with Crippen molar-refractivity contribution in [2.75, 3.05) is 37.7 Å². The Hall–Kier alpha value is -1.69. The number of carbonyl (C=O) groups excluding carboxylic acids is 1. The van der Waals surface area contributed by atoms with Crippen LogP contribution >= 0.6 is 0 Å². The largest absolute Gasteiger partial charge is 0.376 e. The molecule has 0 spiro atoms. The Labute approximate surface area is 150 Å². The van der Waals surface area contributed by atoms with E-state index >= 15 is 0 Å². The molecule has 6 nitrogen and oxygen atoms in total. The van der Waals surface area contributed by atoms with E-state index in [1.807, 2.05) is 17.9 Å². The Morgan fingerprint density at radius 3 is 2.72 bits per heavy atom. The summed E-state index contributed by atoms with van der Waals surface area (Å²) in [6.07, 6.45) is 4.56. The number of carbonyl (C=O) groups is 1. The van der Waals surface area contributed by atoms with Gasteiger partial charge in [0.15, 0.2) is 0 Å². The third kappa shape index (κ3) is 4.69. The maximum Gasteiger partial charge on any atom is 0.242 e. The van der Waals surface area contributed by atoms with Crippen molar-refractivity contribution in [1.29, 1.82) is 0 Å². The zero-order valence-electron chi connectivity index (χ0n) is 15.7. The molecule has 2 aliphatic rings. The number of amides is 1. The Bertz CT molecular complexity index is 593. The lowest BCUT2D eigenvalue weighted by atomic mass is 10.2. The van der Waals surface area contributed by atoms with Crippen LogP contribution in [0.5, 0.6) is 0 Å². The molecule has 1 aromatic heterocycles. The minimum absolute atomic E-state index is 0.184. The van der Waals surface area contributed by atoms with Crippen LogP contribution in [0.15, 0.2) is 6.07 Å². The molecule has 1 amide bonds. The van der Waals surface area contributed by atoms with Gasteiger partial charge in [-0.3, -0.25) is 4.79 Å². The Balaban J connectivity index is 1.80. The topological polar surface area (TPSA) is 58.6 Å². The average Bonchev–Trinajstić information content (AvgIpc) is 3.27. The minimum atomic E-state index is 0.184. The van der Waals surface area contributed by atoms with Gasteiger partial charge in [-0.05, 0) is 32.6 Å². The van der Waals surface area contributed by atoms with Gasteiger partial charge >= 0.3 is 0 Å². The van der Waals surface area contributed by atoms with Gasteiger partial charge in [0.2, 0.25) is 5.91 Å². The van der Waals surface area contributed by atoms with Crippen molar-refractivity contribution in [2.45, 2.75) is 58.5 Å². The van der Waals surface area contributed by atoms with Crippen LogP contribution < -0.4 is 4.90 Å². The van der Waals surface area contributed by atoms with Crippen molar-refractivity contribution >= 4 is 11.7 Å². The summed E-state index contributed by atoms with van der Waals surface area (Å²) in [5.41, 5.74) is 0.944. The second-order valence-corrected chi connectivity index (χ2v) is 7.48. The van der Waals surface area contributed by atoms with E-state index in [-0.39, 0.29) is 17.9 Å². The fourth-order valence-corrected chi connectivity index (χ4v) is 3.50. The van der Waals surface area contributed by atoms with E-state index < -0.39 is 0 Å². The summed E-state index contributed by atoms with van der Waals surface area (Å²) in [5.74, 6) is 2.13. The van der Waals surface area contributed by atoms with Gasteiger partial charge in [0.1, 0.15) is 11.6 Å². The Morgan fingerprint density at radius 2 is 2.08 bits per heavy atom. The van der Waals surface area contributed by atoms with Crippen LogP contribution in [0.1, 0.15) is 57.0 Å². The Morgan fingerprint density at radius 1 is 1.32 bits per heavy atom. The molecule has 0 saturated carbocycles. The van der Waals surface area contributed by atoms with Gasteiger partial charge in [-0.25, -0.2) is 9.97 Å². The smallest absolute Gasteiger partial charge is 0.242 e. The first-order chi connectivity index (χ1) is 12.0. The summed E-state index contributed by atoms with van der Waals surface area (Å²) in [5, 5.41) is 0. The van der Waals surface area contributed by atoms with Crippen molar-refractivity contribution < 1.29 is 9.53 Å². The molecule has 3 heterocycles. The van der Waals surface area contributed by atoms with Gasteiger partial charge in [-0.2, -0.15) is 0 Å². The number of anilines is 1. The first-order valence-corrected chi connectivity index (χ1v) is 9.53. The molecule has 0 aromatic carbocycles. The van der Waals surface area contributed by atoms with Gasteiger partial charge in [0.25, 0.3) is 0 Å². The molecule has 1 aromatic rings. The van der Waals surface area contributed by atoms with Gasteiger partial charge in [-0.15, -0.1) is 0 Å². The fourth-order valence-electron chi connectivity index (χ4n) is 3.50. The van der Waals surface area contributed by atoms with Crippen LogP contribution in [0.2, 0.25) is 0 Å². The highest BCUT2D eigenvalue weighted by Gasteiger charge is 2.25. The molecule has 1 atom stereocenters. The highest BCUT2D eigenvalue weighted by Crippen LogP contribution is 2.21. The second-order valence-electron chi connectivity index (χ2n) is 7.48. The molecule has 2 fully saturated rings. The number of hydrogen-bond donors (Lipinski definition) is 0. The predicted molar refractivity (Wildman–Crippen MR) is 97.9 cm³/mol. The molecule has 2 saturated heterocycles. The van der Waals surface area contributed by atoms with Gasteiger partial charge in [-0.1, -0.05) is 13.8 Å². The van der Waals surface area contributed by atoms with Crippen LogP contribution in [-0.4, -0.2) is 59.7 Å². The molecule has 138 valence electrons. The van der Waals surface area contributed by atoms with Crippen LogP contribution in [-0.2, 0) is 9.53 Å². The summed E-state index contributed by atoms with van der Waals surface area (Å²) in [7, 11) is 0. The molecule has 0 bridgehead atoms. The number of likely N-dealkylation sites (tertiary alicyclic amines) is 1. The molecule has 0 aliphatic carbocycles. The summed E-state index contributed by atoms with van der Waals surface area (Å²) < 4.78 is 5.81. The molecule has 25 heavy (non-hydrogen) atoms. The predicted octanol–water partition coefficient (Wildman–Crippen LogP) is 2.52.